The van der Waals surface area contributed by atoms with Crippen molar-refractivity contribution in [2.24, 2.45) is 0 Å². The van der Waals surface area contributed by atoms with Gasteiger partial charge in [0.2, 0.25) is 0 Å². The molecular formula is C29H29ClN4OS. The number of aromatic hydroxyl groups is 1. The smallest absolute Gasteiger partial charge is 0.174 e. The molecule has 2 atom stereocenters. The summed E-state index contributed by atoms with van der Waals surface area (Å²) in [5.41, 5.74) is 9.70. The second-order valence-electron chi connectivity index (χ2n) is 9.54. The first-order chi connectivity index (χ1) is 17.2. The standard InChI is InChI=1S/C29H29ClN4OS/c1-16-12-17(2)27(18(3)13-16)33-19(4)14-22(20(33)5)28-26(23-8-6-7-11-31-23)32-29(36)34(28)24-15-21(30)9-10-25(24)35/h6-15,26,28,35H,1-5H3,(H,32,36)/t26-,28+/m0/s1. The second-order valence-corrected chi connectivity index (χ2v) is 10.4. The number of benzene rings is 2. The first-order valence-corrected chi connectivity index (χ1v) is 12.7. The van der Waals surface area contributed by atoms with Crippen LogP contribution >= 0.6 is 23.8 Å². The van der Waals surface area contributed by atoms with Crippen molar-refractivity contribution in [3.05, 3.63) is 105 Å². The van der Waals surface area contributed by atoms with Crippen LogP contribution in [0.25, 0.3) is 5.69 Å². The van der Waals surface area contributed by atoms with Crippen LogP contribution in [-0.4, -0.2) is 19.8 Å². The van der Waals surface area contributed by atoms with Crippen molar-refractivity contribution in [2.75, 3.05) is 4.90 Å². The maximum Gasteiger partial charge on any atom is 0.174 e. The lowest BCUT2D eigenvalue weighted by molar-refractivity contribution is 0.472. The van der Waals surface area contributed by atoms with Crippen LogP contribution in [-0.2, 0) is 0 Å². The number of thiocarbonyl (C=S) groups is 1. The molecule has 2 aromatic carbocycles. The molecule has 1 aliphatic rings. The summed E-state index contributed by atoms with van der Waals surface area (Å²) < 4.78 is 2.33. The summed E-state index contributed by atoms with van der Waals surface area (Å²) >= 11 is 12.2. The quantitative estimate of drug-likeness (QED) is 0.287. The fourth-order valence-corrected chi connectivity index (χ4v) is 6.08. The van der Waals surface area contributed by atoms with Gasteiger partial charge >= 0.3 is 0 Å². The van der Waals surface area contributed by atoms with Gasteiger partial charge in [-0.1, -0.05) is 35.4 Å². The Morgan fingerprint density at radius 1 is 0.972 bits per heavy atom. The van der Waals surface area contributed by atoms with Crippen molar-refractivity contribution in [1.29, 1.82) is 0 Å². The van der Waals surface area contributed by atoms with Crippen LogP contribution in [0.2, 0.25) is 5.02 Å². The average molecular weight is 517 g/mol. The number of phenols is 1. The first-order valence-electron chi connectivity index (χ1n) is 11.9. The molecule has 0 saturated carbocycles. The summed E-state index contributed by atoms with van der Waals surface area (Å²) in [4.78, 5) is 6.62. The highest BCUT2D eigenvalue weighted by atomic mass is 35.5. The van der Waals surface area contributed by atoms with E-state index in [9.17, 15) is 5.11 Å². The van der Waals surface area contributed by atoms with E-state index in [1.807, 2.05) is 23.1 Å². The molecule has 0 aliphatic carbocycles. The zero-order valence-electron chi connectivity index (χ0n) is 21.0. The number of hydrogen-bond acceptors (Lipinski definition) is 3. The molecule has 1 saturated heterocycles. The molecule has 0 bridgehead atoms. The largest absolute Gasteiger partial charge is 0.506 e. The van der Waals surface area contributed by atoms with Gasteiger partial charge in [-0.15, -0.1) is 0 Å². The average Bonchev–Trinajstić information content (AvgIpc) is 3.31. The Hall–Kier alpha value is -3.35. The van der Waals surface area contributed by atoms with Gasteiger partial charge in [0.25, 0.3) is 0 Å². The minimum atomic E-state index is -0.247. The van der Waals surface area contributed by atoms with Gasteiger partial charge in [0.1, 0.15) is 5.75 Å². The zero-order valence-corrected chi connectivity index (χ0v) is 22.6. The van der Waals surface area contributed by atoms with Crippen LogP contribution in [0.5, 0.6) is 5.75 Å². The normalized spacial score (nSPS) is 17.5. The highest BCUT2D eigenvalue weighted by molar-refractivity contribution is 7.80. The summed E-state index contributed by atoms with van der Waals surface area (Å²) in [5.74, 6) is 0.120. The number of pyridine rings is 1. The maximum absolute atomic E-state index is 10.8. The lowest BCUT2D eigenvalue weighted by Crippen LogP contribution is -2.29. The molecule has 7 heteroatoms. The molecule has 2 N–H and O–H groups in total. The Morgan fingerprint density at radius 3 is 2.36 bits per heavy atom. The van der Waals surface area contributed by atoms with Crippen LogP contribution in [0, 0.1) is 34.6 Å². The van der Waals surface area contributed by atoms with Gasteiger partial charge in [0.15, 0.2) is 5.11 Å². The molecule has 4 aromatic rings. The van der Waals surface area contributed by atoms with Crippen LogP contribution in [0.15, 0.2) is 60.8 Å². The van der Waals surface area contributed by atoms with Crippen molar-refractivity contribution in [3.63, 3.8) is 0 Å². The van der Waals surface area contributed by atoms with Crippen molar-refractivity contribution >= 4 is 34.6 Å². The molecule has 184 valence electrons. The van der Waals surface area contributed by atoms with Crippen LogP contribution in [0.1, 0.15) is 51.4 Å². The predicted molar refractivity (Wildman–Crippen MR) is 151 cm³/mol. The number of aryl methyl sites for hydroxylation is 4. The van der Waals surface area contributed by atoms with Gasteiger partial charge in [-0.2, -0.15) is 0 Å². The van der Waals surface area contributed by atoms with E-state index in [1.54, 1.807) is 24.4 Å². The Labute approximate surface area is 222 Å². The summed E-state index contributed by atoms with van der Waals surface area (Å²) in [6.45, 7) is 10.7. The molecular weight excluding hydrogens is 488 g/mol. The number of aromatic nitrogens is 2. The fourth-order valence-electron chi connectivity index (χ4n) is 5.58. The third-order valence-electron chi connectivity index (χ3n) is 6.94. The first kappa shape index (κ1) is 24.3. The van der Waals surface area contributed by atoms with Crippen molar-refractivity contribution in [1.82, 2.24) is 14.9 Å². The molecule has 1 fully saturated rings. The summed E-state index contributed by atoms with van der Waals surface area (Å²) in [6.07, 6.45) is 1.79. The third kappa shape index (κ3) is 4.04. The number of hydrogen-bond donors (Lipinski definition) is 2. The molecule has 0 radical (unpaired) electrons. The minimum absolute atomic E-state index is 0.120. The molecule has 0 unspecified atom stereocenters. The van der Waals surface area contributed by atoms with E-state index >= 15 is 0 Å². The molecule has 5 nitrogen and oxygen atoms in total. The van der Waals surface area contributed by atoms with Crippen molar-refractivity contribution < 1.29 is 5.11 Å². The Morgan fingerprint density at radius 2 is 1.69 bits per heavy atom. The molecule has 5 rings (SSSR count). The lowest BCUT2D eigenvalue weighted by Gasteiger charge is -2.29. The van der Waals surface area contributed by atoms with Crippen molar-refractivity contribution in [2.45, 2.75) is 46.7 Å². The van der Waals surface area contributed by atoms with E-state index in [-0.39, 0.29) is 17.8 Å². The van der Waals surface area contributed by atoms with Gasteiger partial charge in [0, 0.05) is 22.6 Å². The number of anilines is 1. The van der Waals surface area contributed by atoms with Gasteiger partial charge in [-0.25, -0.2) is 0 Å². The molecule has 3 heterocycles. The van der Waals surface area contributed by atoms with E-state index in [0.717, 1.165) is 22.6 Å². The van der Waals surface area contributed by atoms with Crippen molar-refractivity contribution in [3.8, 4) is 11.4 Å². The Kier molecular flexibility index (Phi) is 6.27. The number of halogens is 1. The minimum Gasteiger partial charge on any atom is -0.506 e. The van der Waals surface area contributed by atoms with Gasteiger partial charge < -0.3 is 19.9 Å². The van der Waals surface area contributed by atoms with E-state index in [2.05, 4.69) is 67.7 Å². The van der Waals surface area contributed by atoms with E-state index < -0.39 is 0 Å². The summed E-state index contributed by atoms with van der Waals surface area (Å²) in [5, 5.41) is 15.3. The van der Waals surface area contributed by atoms with Gasteiger partial charge in [-0.05, 0) is 99.9 Å². The molecule has 0 spiro atoms. The summed E-state index contributed by atoms with van der Waals surface area (Å²) in [6, 6.07) is 17.1. The lowest BCUT2D eigenvalue weighted by atomic mass is 9.96. The topological polar surface area (TPSA) is 53.3 Å². The predicted octanol–water partition coefficient (Wildman–Crippen LogP) is 6.95. The Bertz CT molecular complexity index is 1460. The highest BCUT2D eigenvalue weighted by Gasteiger charge is 2.43. The molecule has 36 heavy (non-hydrogen) atoms. The number of rotatable bonds is 4. The fraction of sp³-hybridized carbons (Fsp3) is 0.241. The second kappa shape index (κ2) is 9.26. The van der Waals surface area contributed by atoms with E-state index in [4.69, 9.17) is 23.8 Å². The molecule has 1 aliphatic heterocycles. The van der Waals surface area contributed by atoms with Gasteiger partial charge in [-0.3, -0.25) is 4.98 Å². The zero-order chi connectivity index (χ0) is 25.7. The van der Waals surface area contributed by atoms with Crippen LogP contribution in [0.4, 0.5) is 5.69 Å². The Balaban J connectivity index is 1.74. The SMILES string of the molecule is Cc1cc(C)c(-n2c(C)cc([C@@H]3[C@H](c4ccccn4)NC(=S)N3c3cc(Cl)ccc3O)c2C)c(C)c1. The molecule has 2 aromatic heterocycles. The third-order valence-corrected chi connectivity index (χ3v) is 7.49. The van der Waals surface area contributed by atoms with E-state index in [0.29, 0.717) is 15.8 Å². The number of phenolic OH excluding ortho intramolecular Hbond substituents is 1. The highest BCUT2D eigenvalue weighted by Crippen LogP contribution is 2.46. The monoisotopic (exact) mass is 516 g/mol. The van der Waals surface area contributed by atoms with Crippen LogP contribution in [0.3, 0.4) is 0 Å². The molecule has 0 amide bonds. The van der Waals surface area contributed by atoms with Gasteiger partial charge in [0.05, 0.1) is 29.2 Å². The number of nitrogens with zero attached hydrogens (tertiary/aromatic N) is 3. The maximum atomic E-state index is 10.8. The van der Waals surface area contributed by atoms with E-state index in [1.165, 1.54) is 22.4 Å². The summed E-state index contributed by atoms with van der Waals surface area (Å²) in [7, 11) is 0. The number of nitrogens with one attached hydrogen (secondary N) is 1. The van der Waals surface area contributed by atoms with Crippen LogP contribution < -0.4 is 10.2 Å².